The van der Waals surface area contributed by atoms with Crippen LogP contribution in [0.1, 0.15) is 46.0 Å². The molecule has 0 radical (unpaired) electrons. The largest absolute Gasteiger partial charge is 0.459 e. The molecule has 1 amide bonds. The summed E-state index contributed by atoms with van der Waals surface area (Å²) < 4.78 is 5.24. The Kier molecular flexibility index (Phi) is 6.44. The third-order valence-electron chi connectivity index (χ3n) is 3.60. The van der Waals surface area contributed by atoms with Crippen LogP contribution in [0.25, 0.3) is 0 Å². The molecule has 0 spiro atoms. The molecule has 1 aliphatic rings. The van der Waals surface area contributed by atoms with Gasteiger partial charge in [0.2, 0.25) is 0 Å². The zero-order valence-electron chi connectivity index (χ0n) is 13.5. The average Bonchev–Trinajstić information content (AvgIpc) is 2.73. The lowest BCUT2D eigenvalue weighted by Gasteiger charge is -2.27. The van der Waals surface area contributed by atoms with Gasteiger partial charge in [-0.1, -0.05) is 0 Å². The quantitative estimate of drug-likeness (QED) is 0.827. The molecule has 7 heteroatoms. The molecular formula is C15H24ClN3O3. The van der Waals surface area contributed by atoms with Crippen molar-refractivity contribution in [2.45, 2.75) is 33.8 Å². The van der Waals surface area contributed by atoms with E-state index < -0.39 is 0 Å². The second-order valence-electron chi connectivity index (χ2n) is 5.62. The monoisotopic (exact) mass is 329 g/mol. The summed E-state index contributed by atoms with van der Waals surface area (Å²) in [6.45, 7) is 10.2. The number of carbonyl (C=O) groups is 2. The molecule has 1 fully saturated rings. The summed E-state index contributed by atoms with van der Waals surface area (Å²) in [6, 6.07) is 0. The first-order valence-electron chi connectivity index (χ1n) is 7.32. The van der Waals surface area contributed by atoms with E-state index in [0.717, 1.165) is 13.1 Å². The van der Waals surface area contributed by atoms with Crippen molar-refractivity contribution >= 4 is 24.3 Å². The van der Waals surface area contributed by atoms with Crippen LogP contribution in [0.3, 0.4) is 0 Å². The molecular weight excluding hydrogens is 306 g/mol. The Morgan fingerprint density at radius 3 is 2.32 bits per heavy atom. The summed E-state index contributed by atoms with van der Waals surface area (Å²) in [5.74, 6) is -0.434. The highest BCUT2D eigenvalue weighted by molar-refractivity contribution is 6.00. The first kappa shape index (κ1) is 18.5. The molecule has 2 N–H and O–H groups in total. The molecule has 22 heavy (non-hydrogen) atoms. The van der Waals surface area contributed by atoms with Crippen LogP contribution >= 0.6 is 12.4 Å². The summed E-state index contributed by atoms with van der Waals surface area (Å²) in [6.07, 6.45) is -0.182. The number of carbonyl (C=O) groups excluding carboxylic acids is 2. The van der Waals surface area contributed by atoms with Gasteiger partial charge in [0.05, 0.1) is 11.7 Å². The van der Waals surface area contributed by atoms with Gasteiger partial charge in [0.15, 0.2) is 0 Å². The van der Waals surface area contributed by atoms with Crippen LogP contribution in [0, 0.1) is 13.8 Å². The summed E-state index contributed by atoms with van der Waals surface area (Å²) >= 11 is 0. The molecule has 0 unspecified atom stereocenters. The summed E-state index contributed by atoms with van der Waals surface area (Å²) in [4.78, 5) is 29.5. The third-order valence-corrected chi connectivity index (χ3v) is 3.60. The van der Waals surface area contributed by atoms with Crippen LogP contribution in [0.4, 0.5) is 0 Å². The van der Waals surface area contributed by atoms with E-state index in [4.69, 9.17) is 4.74 Å². The predicted octanol–water partition coefficient (Wildman–Crippen LogP) is 1.66. The SMILES string of the molecule is Cc1[nH]c(C(=O)N2CCNCC2)c(C)c1C(=O)OC(C)C.Cl. The Morgan fingerprint density at radius 2 is 1.77 bits per heavy atom. The van der Waals surface area contributed by atoms with Crippen molar-refractivity contribution < 1.29 is 14.3 Å². The number of esters is 1. The zero-order valence-corrected chi connectivity index (χ0v) is 14.3. The second kappa shape index (κ2) is 7.65. The van der Waals surface area contributed by atoms with Crippen molar-refractivity contribution in [1.82, 2.24) is 15.2 Å². The molecule has 1 aliphatic heterocycles. The number of H-pyrrole nitrogens is 1. The Bertz CT molecular complexity index is 548. The normalized spacial score (nSPS) is 14.7. The van der Waals surface area contributed by atoms with E-state index in [1.807, 2.05) is 13.8 Å². The fourth-order valence-corrected chi connectivity index (χ4v) is 2.57. The molecule has 0 aromatic carbocycles. The molecule has 6 nitrogen and oxygen atoms in total. The fraction of sp³-hybridized carbons (Fsp3) is 0.600. The summed E-state index contributed by atoms with van der Waals surface area (Å²) in [5, 5.41) is 3.21. The maximum absolute atomic E-state index is 12.5. The maximum atomic E-state index is 12.5. The first-order valence-corrected chi connectivity index (χ1v) is 7.32. The number of aromatic nitrogens is 1. The number of halogens is 1. The van der Waals surface area contributed by atoms with E-state index in [9.17, 15) is 9.59 Å². The van der Waals surface area contributed by atoms with Gasteiger partial charge in [0.25, 0.3) is 5.91 Å². The van der Waals surface area contributed by atoms with Gasteiger partial charge in [-0.3, -0.25) is 4.79 Å². The Morgan fingerprint density at radius 1 is 1.18 bits per heavy atom. The lowest BCUT2D eigenvalue weighted by molar-refractivity contribution is 0.0376. The molecule has 2 rings (SSSR count). The highest BCUT2D eigenvalue weighted by Crippen LogP contribution is 2.21. The van der Waals surface area contributed by atoms with Gasteiger partial charge < -0.3 is 19.9 Å². The number of hydrogen-bond acceptors (Lipinski definition) is 4. The number of hydrogen-bond donors (Lipinski definition) is 2. The number of amides is 1. The van der Waals surface area contributed by atoms with Gasteiger partial charge in [-0.15, -0.1) is 12.4 Å². The van der Waals surface area contributed by atoms with Crippen LogP contribution in [0.5, 0.6) is 0 Å². The standard InChI is InChI=1S/C15H23N3O3.ClH/c1-9(2)21-15(20)12-10(3)13(17-11(12)4)14(19)18-7-5-16-6-8-18;/h9,16-17H,5-8H2,1-4H3;1H. The van der Waals surface area contributed by atoms with Crippen molar-refractivity contribution in [1.29, 1.82) is 0 Å². The molecule has 1 aromatic rings. The van der Waals surface area contributed by atoms with E-state index in [1.165, 1.54) is 0 Å². The molecule has 124 valence electrons. The number of aromatic amines is 1. The van der Waals surface area contributed by atoms with Gasteiger partial charge in [-0.2, -0.15) is 0 Å². The van der Waals surface area contributed by atoms with Crippen LogP contribution in [0.15, 0.2) is 0 Å². The van der Waals surface area contributed by atoms with Crippen molar-refractivity contribution in [2.75, 3.05) is 26.2 Å². The molecule has 1 aromatic heterocycles. The molecule has 0 bridgehead atoms. The topological polar surface area (TPSA) is 74.4 Å². The lowest BCUT2D eigenvalue weighted by Crippen LogP contribution is -2.46. The number of aryl methyl sites for hydroxylation is 1. The highest BCUT2D eigenvalue weighted by Gasteiger charge is 2.26. The van der Waals surface area contributed by atoms with Gasteiger partial charge in [0.1, 0.15) is 5.69 Å². The second-order valence-corrected chi connectivity index (χ2v) is 5.62. The predicted molar refractivity (Wildman–Crippen MR) is 86.8 cm³/mol. The number of nitrogens with zero attached hydrogens (tertiary/aromatic N) is 1. The number of nitrogens with one attached hydrogen (secondary N) is 2. The molecule has 1 saturated heterocycles. The van der Waals surface area contributed by atoms with Crippen molar-refractivity contribution in [3.63, 3.8) is 0 Å². The van der Waals surface area contributed by atoms with Gasteiger partial charge >= 0.3 is 5.97 Å². The Labute approximate surface area is 137 Å². The Balaban J connectivity index is 0.00000242. The van der Waals surface area contributed by atoms with Crippen molar-refractivity contribution in [2.24, 2.45) is 0 Å². The first-order chi connectivity index (χ1) is 9.91. The number of ether oxygens (including phenoxy) is 1. The van der Waals surface area contributed by atoms with Crippen LogP contribution in [0.2, 0.25) is 0 Å². The average molecular weight is 330 g/mol. The minimum absolute atomic E-state index is 0. The lowest BCUT2D eigenvalue weighted by atomic mass is 10.1. The van der Waals surface area contributed by atoms with Crippen LogP contribution in [-0.2, 0) is 4.74 Å². The minimum atomic E-state index is -0.379. The van der Waals surface area contributed by atoms with Crippen LogP contribution in [-0.4, -0.2) is 54.0 Å². The van der Waals surface area contributed by atoms with Gasteiger partial charge in [0, 0.05) is 31.9 Å². The van der Waals surface area contributed by atoms with Gasteiger partial charge in [-0.05, 0) is 33.3 Å². The molecule has 0 aliphatic carbocycles. The summed E-state index contributed by atoms with van der Waals surface area (Å²) in [7, 11) is 0. The van der Waals surface area contributed by atoms with E-state index in [-0.39, 0.29) is 30.4 Å². The highest BCUT2D eigenvalue weighted by atomic mass is 35.5. The molecule has 0 saturated carbocycles. The zero-order chi connectivity index (χ0) is 15.6. The molecule has 2 heterocycles. The van der Waals surface area contributed by atoms with E-state index in [1.54, 1.807) is 18.7 Å². The van der Waals surface area contributed by atoms with Gasteiger partial charge in [-0.25, -0.2) is 4.79 Å². The smallest absolute Gasteiger partial charge is 0.340 e. The van der Waals surface area contributed by atoms with Crippen molar-refractivity contribution in [3.8, 4) is 0 Å². The maximum Gasteiger partial charge on any atom is 0.340 e. The third kappa shape index (κ3) is 3.81. The number of rotatable bonds is 3. The molecule has 0 atom stereocenters. The van der Waals surface area contributed by atoms with Crippen molar-refractivity contribution in [3.05, 3.63) is 22.5 Å². The summed E-state index contributed by atoms with van der Waals surface area (Å²) in [5.41, 5.74) is 2.31. The van der Waals surface area contributed by atoms with E-state index in [2.05, 4.69) is 10.3 Å². The fourth-order valence-electron chi connectivity index (χ4n) is 2.57. The Hall–Kier alpha value is -1.53. The minimum Gasteiger partial charge on any atom is -0.459 e. The number of piperazine rings is 1. The van der Waals surface area contributed by atoms with Crippen LogP contribution < -0.4 is 5.32 Å². The van der Waals surface area contributed by atoms with E-state index >= 15 is 0 Å². The van der Waals surface area contributed by atoms with E-state index in [0.29, 0.717) is 35.6 Å².